The first-order valence-corrected chi connectivity index (χ1v) is 7.94. The number of benzene rings is 1. The highest BCUT2D eigenvalue weighted by Gasteiger charge is 2.15. The van der Waals surface area contributed by atoms with Crippen molar-refractivity contribution in [3.63, 3.8) is 0 Å². The van der Waals surface area contributed by atoms with Gasteiger partial charge in [-0.3, -0.25) is 4.98 Å². The number of thiophene rings is 1. The number of ether oxygens (including phenoxy) is 1. The van der Waals surface area contributed by atoms with Crippen LogP contribution in [-0.2, 0) is 0 Å². The van der Waals surface area contributed by atoms with Crippen LogP contribution in [0.5, 0.6) is 5.75 Å². The summed E-state index contributed by atoms with van der Waals surface area (Å²) in [6.07, 6.45) is 4.69. The van der Waals surface area contributed by atoms with Crippen molar-refractivity contribution in [1.29, 1.82) is 0 Å². The van der Waals surface area contributed by atoms with Crippen molar-refractivity contribution >= 4 is 35.6 Å². The normalized spacial score (nSPS) is 11.9. The van der Waals surface area contributed by atoms with Crippen molar-refractivity contribution < 1.29 is 4.74 Å². The number of fused-ring (bicyclic) bond motifs is 1. The topological polar surface area (TPSA) is 34.1 Å². The molecule has 0 aliphatic heterocycles. The quantitative estimate of drug-likeness (QED) is 0.737. The summed E-state index contributed by atoms with van der Waals surface area (Å²) < 4.78 is 6.30. The van der Waals surface area contributed by atoms with Crippen LogP contribution >= 0.6 is 24.8 Å². The maximum Gasteiger partial charge on any atom is 0.134 e. The fourth-order valence-electron chi connectivity index (χ4n) is 2.35. The molecule has 116 valence electrons. The van der Waals surface area contributed by atoms with Crippen LogP contribution in [0, 0.1) is 0 Å². The first-order valence-electron chi connectivity index (χ1n) is 7.06. The van der Waals surface area contributed by atoms with E-state index < -0.39 is 0 Å². The van der Waals surface area contributed by atoms with Crippen LogP contribution in [0.3, 0.4) is 0 Å². The number of pyridine rings is 1. The fourth-order valence-corrected chi connectivity index (χ4v) is 3.14. The Bertz CT molecular complexity index is 695. The van der Waals surface area contributed by atoms with E-state index in [2.05, 4.69) is 33.9 Å². The molecule has 0 bridgehead atoms. The third-order valence-corrected chi connectivity index (χ3v) is 4.39. The molecule has 1 atom stereocenters. The first kappa shape index (κ1) is 16.8. The molecule has 3 rings (SSSR count). The second kappa shape index (κ2) is 8.17. The van der Waals surface area contributed by atoms with Crippen LogP contribution < -0.4 is 10.1 Å². The molecule has 3 nitrogen and oxygen atoms in total. The predicted molar refractivity (Wildman–Crippen MR) is 98.4 cm³/mol. The lowest BCUT2D eigenvalue weighted by molar-refractivity contribution is 0.201. The highest BCUT2D eigenvalue weighted by Crippen LogP contribution is 2.32. The Balaban J connectivity index is 0.00000176. The number of hydrogen-bond donors (Lipinski definition) is 1. The highest BCUT2D eigenvalue weighted by molar-refractivity contribution is 7.59. The second-order valence-corrected chi connectivity index (χ2v) is 5.85. The Labute approximate surface area is 141 Å². The van der Waals surface area contributed by atoms with Gasteiger partial charge in [-0.1, -0.05) is 18.2 Å². The lowest BCUT2D eigenvalue weighted by Crippen LogP contribution is -2.15. The molecule has 0 unspecified atom stereocenters. The van der Waals surface area contributed by atoms with E-state index >= 15 is 0 Å². The van der Waals surface area contributed by atoms with Crippen LogP contribution in [-0.4, -0.2) is 18.6 Å². The molecule has 0 aliphatic carbocycles. The van der Waals surface area contributed by atoms with Gasteiger partial charge in [-0.2, -0.15) is 13.5 Å². The van der Waals surface area contributed by atoms with Crippen LogP contribution in [0.25, 0.3) is 10.8 Å². The minimum absolute atomic E-state index is 0. The molecule has 0 fully saturated rings. The Kier molecular flexibility index (Phi) is 6.24. The zero-order chi connectivity index (χ0) is 14.5. The van der Waals surface area contributed by atoms with Crippen molar-refractivity contribution in [1.82, 2.24) is 10.3 Å². The Morgan fingerprint density at radius 1 is 1.23 bits per heavy atom. The number of nitrogens with zero attached hydrogens (tertiary/aromatic N) is 1. The molecule has 22 heavy (non-hydrogen) atoms. The number of rotatable bonds is 6. The van der Waals surface area contributed by atoms with Gasteiger partial charge < -0.3 is 10.1 Å². The van der Waals surface area contributed by atoms with Gasteiger partial charge in [0.1, 0.15) is 11.9 Å². The summed E-state index contributed by atoms with van der Waals surface area (Å²) in [5.41, 5.74) is 0. The summed E-state index contributed by atoms with van der Waals surface area (Å²) in [5, 5.41) is 7.50. The van der Waals surface area contributed by atoms with Crippen LogP contribution in [0.4, 0.5) is 0 Å². The Hall–Kier alpha value is -1.56. The summed E-state index contributed by atoms with van der Waals surface area (Å²) >= 11 is 1.74. The fraction of sp³-hybridized carbons (Fsp3) is 0.235. The van der Waals surface area contributed by atoms with Gasteiger partial charge in [0.25, 0.3) is 0 Å². The molecule has 1 aromatic carbocycles. The van der Waals surface area contributed by atoms with Crippen LogP contribution in [0.2, 0.25) is 0 Å². The summed E-state index contributed by atoms with van der Waals surface area (Å²) in [4.78, 5) is 5.47. The van der Waals surface area contributed by atoms with Crippen molar-refractivity contribution in [3.05, 3.63) is 59.0 Å². The molecule has 0 saturated carbocycles. The standard InChI is InChI=1S/C17H18N2OS.H2S/c1-18-9-8-16(17-6-3-11-21-17)20-15-5-2-4-13-7-10-19-12-14(13)15;/h2-7,10-12,16,18H,8-9H2,1H3;1H2/t16-;/m0./s1. The van der Waals surface area contributed by atoms with E-state index in [9.17, 15) is 0 Å². The van der Waals surface area contributed by atoms with Gasteiger partial charge in [-0.15, -0.1) is 11.3 Å². The molecule has 0 aliphatic rings. The van der Waals surface area contributed by atoms with Crippen molar-refractivity contribution in [2.75, 3.05) is 13.6 Å². The zero-order valence-electron chi connectivity index (χ0n) is 12.5. The summed E-state index contributed by atoms with van der Waals surface area (Å²) in [6.45, 7) is 0.922. The predicted octanol–water partition coefficient (Wildman–Crippen LogP) is 4.14. The summed E-state index contributed by atoms with van der Waals surface area (Å²) in [5.74, 6) is 0.898. The van der Waals surface area contributed by atoms with E-state index in [-0.39, 0.29) is 19.6 Å². The van der Waals surface area contributed by atoms with Crippen molar-refractivity contribution in [2.45, 2.75) is 12.5 Å². The average molecular weight is 332 g/mol. The molecule has 2 heterocycles. The number of aromatic nitrogens is 1. The molecular weight excluding hydrogens is 312 g/mol. The molecule has 1 N–H and O–H groups in total. The molecule has 2 aromatic heterocycles. The molecule has 5 heteroatoms. The maximum atomic E-state index is 6.30. The minimum Gasteiger partial charge on any atom is -0.484 e. The average Bonchev–Trinajstić information content (AvgIpc) is 3.06. The van der Waals surface area contributed by atoms with Crippen LogP contribution in [0.15, 0.2) is 54.2 Å². The van der Waals surface area contributed by atoms with Gasteiger partial charge in [0.15, 0.2) is 0 Å². The van der Waals surface area contributed by atoms with Gasteiger partial charge in [-0.25, -0.2) is 0 Å². The smallest absolute Gasteiger partial charge is 0.134 e. The number of hydrogen-bond acceptors (Lipinski definition) is 4. The van der Waals surface area contributed by atoms with Crippen molar-refractivity contribution in [2.24, 2.45) is 0 Å². The first-order chi connectivity index (χ1) is 10.4. The van der Waals surface area contributed by atoms with Crippen molar-refractivity contribution in [3.8, 4) is 5.75 Å². The highest BCUT2D eigenvalue weighted by atomic mass is 32.1. The molecule has 3 aromatic rings. The summed E-state index contributed by atoms with van der Waals surface area (Å²) in [7, 11) is 1.97. The van der Waals surface area contributed by atoms with E-state index in [1.165, 1.54) is 4.88 Å². The van der Waals surface area contributed by atoms with Crippen LogP contribution in [0.1, 0.15) is 17.4 Å². The minimum atomic E-state index is 0. The molecule has 0 spiro atoms. The Morgan fingerprint density at radius 3 is 2.91 bits per heavy atom. The van der Waals surface area contributed by atoms with Gasteiger partial charge in [0, 0.05) is 29.1 Å². The number of nitrogens with one attached hydrogen (secondary N) is 1. The second-order valence-electron chi connectivity index (χ2n) is 4.87. The SMILES string of the molecule is CNCC[C@H](Oc1cccc2ccncc12)c1cccs1.S. The largest absolute Gasteiger partial charge is 0.484 e. The third-order valence-electron chi connectivity index (χ3n) is 3.43. The van der Waals surface area contributed by atoms with E-state index in [1.54, 1.807) is 11.3 Å². The third kappa shape index (κ3) is 3.80. The Morgan fingerprint density at radius 2 is 2.14 bits per heavy atom. The molecular formula is C17H20N2OS2. The van der Waals surface area contributed by atoms with E-state index in [1.807, 2.05) is 37.6 Å². The van der Waals surface area contributed by atoms with Gasteiger partial charge in [0.05, 0.1) is 0 Å². The lowest BCUT2D eigenvalue weighted by Gasteiger charge is -2.19. The lowest BCUT2D eigenvalue weighted by atomic mass is 10.1. The van der Waals surface area contributed by atoms with Gasteiger partial charge >= 0.3 is 0 Å². The van der Waals surface area contributed by atoms with E-state index in [4.69, 9.17) is 4.74 Å². The van der Waals surface area contributed by atoms with E-state index in [0.29, 0.717) is 0 Å². The summed E-state index contributed by atoms with van der Waals surface area (Å²) in [6, 6.07) is 12.3. The van der Waals surface area contributed by atoms with Gasteiger partial charge in [0.2, 0.25) is 0 Å². The molecule has 0 radical (unpaired) electrons. The van der Waals surface area contributed by atoms with Gasteiger partial charge in [-0.05, 0) is 42.6 Å². The zero-order valence-corrected chi connectivity index (χ0v) is 14.3. The van der Waals surface area contributed by atoms with E-state index in [0.717, 1.165) is 29.5 Å². The maximum absolute atomic E-state index is 6.30. The monoisotopic (exact) mass is 332 g/mol. The molecule has 0 saturated heterocycles. The molecule has 0 amide bonds.